The van der Waals surface area contributed by atoms with Crippen molar-refractivity contribution in [1.29, 1.82) is 0 Å². The average molecular weight is 428 g/mol. The topological polar surface area (TPSA) is 69.7 Å². The fourth-order valence-corrected chi connectivity index (χ4v) is 5.43. The van der Waals surface area contributed by atoms with E-state index in [0.29, 0.717) is 12.1 Å². The van der Waals surface area contributed by atoms with E-state index < -0.39 is 10.0 Å². The molecule has 0 unspecified atom stereocenters. The summed E-state index contributed by atoms with van der Waals surface area (Å²) in [7, 11) is 0.132. The highest BCUT2D eigenvalue weighted by atomic mass is 32.2. The molecular weight excluding hydrogens is 398 g/mol. The molecule has 0 spiro atoms. The first-order valence-corrected chi connectivity index (χ1v) is 11.9. The van der Waals surface area contributed by atoms with Crippen LogP contribution in [0.15, 0.2) is 41.3 Å². The Morgan fingerprint density at radius 3 is 2.50 bits per heavy atom. The van der Waals surface area contributed by atoms with E-state index in [9.17, 15) is 13.2 Å². The van der Waals surface area contributed by atoms with Gasteiger partial charge in [0.1, 0.15) is 0 Å². The Labute approximate surface area is 178 Å². The number of aryl methyl sites for hydroxylation is 1. The normalized spacial score (nSPS) is 18.7. The molecule has 4 rings (SSSR count). The minimum absolute atomic E-state index is 0.0544. The number of hydrogen-bond donors (Lipinski definition) is 1. The van der Waals surface area contributed by atoms with Crippen LogP contribution in [-0.4, -0.2) is 34.5 Å². The number of carbonyl (C=O) groups is 1. The minimum atomic E-state index is -3.73. The number of nitrogens with one attached hydrogen (secondary N) is 1. The number of anilines is 3. The molecule has 0 aromatic heterocycles. The summed E-state index contributed by atoms with van der Waals surface area (Å²) < 4.78 is 28.7. The van der Waals surface area contributed by atoms with Crippen molar-refractivity contribution in [3.05, 3.63) is 47.5 Å². The van der Waals surface area contributed by atoms with E-state index in [0.717, 1.165) is 41.8 Å². The summed E-state index contributed by atoms with van der Waals surface area (Å²) in [6.07, 6.45) is 3.70. The number of benzene rings is 2. The maximum Gasteiger partial charge on any atom is 0.261 e. The van der Waals surface area contributed by atoms with Gasteiger partial charge in [-0.1, -0.05) is 12.5 Å². The van der Waals surface area contributed by atoms with Crippen molar-refractivity contribution in [1.82, 2.24) is 0 Å². The zero-order chi connectivity index (χ0) is 21.6. The first kappa shape index (κ1) is 20.7. The summed E-state index contributed by atoms with van der Waals surface area (Å²) in [5.74, 6) is 0.299. The van der Waals surface area contributed by atoms with Gasteiger partial charge >= 0.3 is 0 Å². The second-order valence-electron chi connectivity index (χ2n) is 8.68. The molecule has 7 heteroatoms. The van der Waals surface area contributed by atoms with Crippen LogP contribution in [0.3, 0.4) is 0 Å². The second kappa shape index (κ2) is 7.61. The molecule has 0 saturated heterocycles. The highest BCUT2D eigenvalue weighted by Gasteiger charge is 2.37. The lowest BCUT2D eigenvalue weighted by molar-refractivity contribution is -0.125. The Bertz CT molecular complexity index is 1090. The Kier molecular flexibility index (Phi) is 5.26. The average Bonchev–Trinajstić information content (AvgIpc) is 2.96. The smallest absolute Gasteiger partial charge is 0.261 e. The molecule has 1 aliphatic heterocycles. The lowest BCUT2D eigenvalue weighted by Crippen LogP contribution is -2.42. The maximum absolute atomic E-state index is 13.0. The summed E-state index contributed by atoms with van der Waals surface area (Å²) in [6, 6.07) is 10.7. The van der Waals surface area contributed by atoms with Crippen molar-refractivity contribution in [2.75, 3.05) is 28.6 Å². The van der Waals surface area contributed by atoms with E-state index in [-0.39, 0.29) is 22.8 Å². The zero-order valence-electron chi connectivity index (χ0n) is 18.0. The second-order valence-corrected chi connectivity index (χ2v) is 10.4. The number of hydrogen-bond acceptors (Lipinski definition) is 4. The van der Waals surface area contributed by atoms with Crippen LogP contribution in [0, 0.1) is 12.8 Å². The summed E-state index contributed by atoms with van der Waals surface area (Å²) >= 11 is 0. The molecule has 30 heavy (non-hydrogen) atoms. The molecule has 1 heterocycles. The molecule has 1 N–H and O–H groups in total. The third kappa shape index (κ3) is 3.67. The third-order valence-electron chi connectivity index (χ3n) is 6.21. The minimum Gasteiger partial charge on any atom is -0.377 e. The van der Waals surface area contributed by atoms with E-state index in [4.69, 9.17) is 0 Å². The number of carbonyl (C=O) groups excluding carboxylic acids is 1. The highest BCUT2D eigenvalue weighted by molar-refractivity contribution is 7.92. The van der Waals surface area contributed by atoms with E-state index in [1.807, 2.05) is 49.9 Å². The molecule has 2 aromatic carbocycles. The van der Waals surface area contributed by atoms with Gasteiger partial charge in [0, 0.05) is 37.4 Å². The lowest BCUT2D eigenvalue weighted by Gasteiger charge is -2.32. The van der Waals surface area contributed by atoms with Crippen molar-refractivity contribution in [2.24, 2.45) is 5.92 Å². The predicted molar refractivity (Wildman–Crippen MR) is 121 cm³/mol. The molecule has 1 atom stereocenters. The molecule has 2 aliphatic rings. The van der Waals surface area contributed by atoms with Crippen LogP contribution in [0.1, 0.15) is 37.3 Å². The van der Waals surface area contributed by atoms with Gasteiger partial charge in [0.05, 0.1) is 10.6 Å². The summed E-state index contributed by atoms with van der Waals surface area (Å²) in [4.78, 5) is 16.9. The third-order valence-corrected chi connectivity index (χ3v) is 7.59. The largest absolute Gasteiger partial charge is 0.377 e. The van der Waals surface area contributed by atoms with Crippen molar-refractivity contribution in [3.63, 3.8) is 0 Å². The Hall–Kier alpha value is -2.54. The van der Waals surface area contributed by atoms with Crippen molar-refractivity contribution >= 4 is 33.0 Å². The van der Waals surface area contributed by atoms with Crippen LogP contribution in [0.25, 0.3) is 0 Å². The van der Waals surface area contributed by atoms with Gasteiger partial charge in [0.25, 0.3) is 10.0 Å². The zero-order valence-corrected chi connectivity index (χ0v) is 18.8. The number of nitrogens with zero attached hydrogens (tertiary/aromatic N) is 2. The summed E-state index contributed by atoms with van der Waals surface area (Å²) in [6.45, 7) is 4.02. The van der Waals surface area contributed by atoms with E-state index in [1.54, 1.807) is 24.3 Å². The van der Waals surface area contributed by atoms with Crippen molar-refractivity contribution < 1.29 is 13.2 Å². The van der Waals surface area contributed by atoms with E-state index >= 15 is 0 Å². The summed E-state index contributed by atoms with van der Waals surface area (Å²) in [5.41, 5.74) is 4.33. The van der Waals surface area contributed by atoms with Gasteiger partial charge in [-0.2, -0.15) is 0 Å². The molecule has 0 radical (unpaired) electrons. The predicted octanol–water partition coefficient (Wildman–Crippen LogP) is 3.94. The number of rotatable bonds is 5. The van der Waals surface area contributed by atoms with Gasteiger partial charge in [-0.05, 0) is 74.6 Å². The fourth-order valence-electron chi connectivity index (χ4n) is 4.33. The number of sulfonamides is 1. The number of fused-ring (bicyclic) bond motifs is 1. The van der Waals surface area contributed by atoms with E-state index in [1.165, 1.54) is 0 Å². The molecule has 0 bridgehead atoms. The standard InChI is InChI=1S/C23H29N3O3S/c1-15-8-9-19(14-22(15)25(3)4)24-30(28,29)20-10-11-21-18(13-20)12-16(2)26(21)23(27)17-6-5-7-17/h8-11,13-14,16-17,24H,5-7,12H2,1-4H3/t16-/m1/s1. The number of amides is 1. The molecule has 6 nitrogen and oxygen atoms in total. The molecule has 160 valence electrons. The van der Waals surface area contributed by atoms with Gasteiger partial charge in [0.2, 0.25) is 5.91 Å². The van der Waals surface area contributed by atoms with Crippen LogP contribution in [0.5, 0.6) is 0 Å². The van der Waals surface area contributed by atoms with Gasteiger partial charge in [-0.3, -0.25) is 9.52 Å². The van der Waals surface area contributed by atoms with Crippen molar-refractivity contribution in [3.8, 4) is 0 Å². The Morgan fingerprint density at radius 1 is 1.13 bits per heavy atom. The van der Waals surface area contributed by atoms with Crippen LogP contribution >= 0.6 is 0 Å². The monoisotopic (exact) mass is 427 g/mol. The van der Waals surface area contributed by atoms with Gasteiger partial charge in [-0.25, -0.2) is 8.42 Å². The molecule has 1 fully saturated rings. The van der Waals surface area contributed by atoms with Gasteiger partial charge < -0.3 is 9.80 Å². The van der Waals surface area contributed by atoms with Gasteiger partial charge in [-0.15, -0.1) is 0 Å². The van der Waals surface area contributed by atoms with Crippen LogP contribution in [-0.2, 0) is 21.2 Å². The van der Waals surface area contributed by atoms with Crippen LogP contribution < -0.4 is 14.5 Å². The summed E-state index contributed by atoms with van der Waals surface area (Å²) in [5, 5.41) is 0. The maximum atomic E-state index is 13.0. The first-order chi connectivity index (χ1) is 14.2. The highest BCUT2D eigenvalue weighted by Crippen LogP contribution is 2.38. The lowest BCUT2D eigenvalue weighted by atomic mass is 9.84. The molecular formula is C23H29N3O3S. The molecule has 1 saturated carbocycles. The first-order valence-electron chi connectivity index (χ1n) is 10.4. The van der Waals surface area contributed by atoms with Gasteiger partial charge in [0.15, 0.2) is 0 Å². The van der Waals surface area contributed by atoms with Crippen LogP contribution in [0.2, 0.25) is 0 Å². The Morgan fingerprint density at radius 2 is 1.87 bits per heavy atom. The van der Waals surface area contributed by atoms with Crippen molar-refractivity contribution in [2.45, 2.75) is 50.5 Å². The molecule has 1 amide bonds. The Balaban J connectivity index is 1.60. The fraction of sp³-hybridized carbons (Fsp3) is 0.435. The van der Waals surface area contributed by atoms with Crippen LogP contribution in [0.4, 0.5) is 17.1 Å². The molecule has 1 aliphatic carbocycles. The SMILES string of the molecule is Cc1ccc(NS(=O)(=O)c2ccc3c(c2)C[C@@H](C)N3C(=O)C2CCC2)cc1N(C)C. The quantitative estimate of drug-likeness (QED) is 0.785. The molecule has 2 aromatic rings. The van der Waals surface area contributed by atoms with E-state index in [2.05, 4.69) is 4.72 Å².